The molecular formula is C7H10F3N2OPb. The summed E-state index contributed by atoms with van der Waals surface area (Å²) in [6.07, 6.45) is -4.46. The van der Waals surface area contributed by atoms with Gasteiger partial charge in [0, 0.05) is 0 Å². The Morgan fingerprint density at radius 1 is 1.57 bits per heavy atom. The van der Waals surface area contributed by atoms with Gasteiger partial charge < -0.3 is 0 Å². The first kappa shape index (κ1) is 13.9. The predicted octanol–water partition coefficient (Wildman–Crippen LogP) is 0.235. The Morgan fingerprint density at radius 2 is 2.00 bits per heavy atom. The maximum absolute atomic E-state index is 12.5. The molecule has 0 spiro atoms. The molecular weight excluding hydrogens is 392 g/mol. The summed E-state index contributed by atoms with van der Waals surface area (Å²) >= 11 is 0.202. The first-order valence-electron chi connectivity index (χ1n) is 3.63. The number of nitrogens with zero attached hydrogens (tertiary/aromatic N) is 1. The van der Waals surface area contributed by atoms with Crippen molar-refractivity contribution in [2.24, 2.45) is 0 Å². The van der Waals surface area contributed by atoms with Crippen molar-refractivity contribution < 1.29 is 18.0 Å². The van der Waals surface area contributed by atoms with E-state index in [1.807, 2.05) is 0 Å². The minimum absolute atomic E-state index is 0.202. The number of carbonyl (C=O) groups excluding carboxylic acids is 1. The van der Waals surface area contributed by atoms with Crippen molar-refractivity contribution in [1.82, 2.24) is 8.03 Å². The molecule has 0 rings (SSSR count). The van der Waals surface area contributed by atoms with Crippen molar-refractivity contribution in [2.75, 3.05) is 14.1 Å². The second-order valence-electron chi connectivity index (χ2n) is 2.66. The van der Waals surface area contributed by atoms with Gasteiger partial charge in [0.1, 0.15) is 0 Å². The zero-order valence-electron chi connectivity index (χ0n) is 7.77. The molecule has 7 heteroatoms. The Bertz CT molecular complexity index is 240. The van der Waals surface area contributed by atoms with Crippen LogP contribution in [-0.2, 0) is 4.79 Å². The third kappa shape index (κ3) is 3.56. The van der Waals surface area contributed by atoms with Crippen LogP contribution in [0.4, 0.5) is 13.2 Å². The minimum atomic E-state index is -4.46. The zero-order valence-corrected chi connectivity index (χ0v) is 11.7. The van der Waals surface area contributed by atoms with Crippen molar-refractivity contribution in [2.45, 2.75) is 12.2 Å². The molecule has 3 radical (unpaired) electrons. The summed E-state index contributed by atoms with van der Waals surface area (Å²) < 4.78 is 38.4. The van der Waals surface area contributed by atoms with Crippen molar-refractivity contribution >= 4 is 32.0 Å². The van der Waals surface area contributed by atoms with E-state index in [1.54, 1.807) is 0 Å². The third-order valence-corrected chi connectivity index (χ3v) is 2.55. The summed E-state index contributed by atoms with van der Waals surface area (Å²) in [5.41, 5.74) is -0.475. The van der Waals surface area contributed by atoms with E-state index in [-0.39, 0.29) is 26.1 Å². The number of halogens is 3. The Balaban J connectivity index is 4.86. The summed E-state index contributed by atoms with van der Waals surface area (Å²) in [6.45, 7) is 3.16. The molecule has 1 amide bonds. The van der Waals surface area contributed by atoms with E-state index in [0.29, 0.717) is 0 Å². The van der Waals surface area contributed by atoms with E-state index in [9.17, 15) is 18.0 Å². The molecule has 0 aliphatic heterocycles. The van der Waals surface area contributed by atoms with Gasteiger partial charge >= 0.3 is 96.4 Å². The normalized spacial score (nSPS) is 13.9. The summed E-state index contributed by atoms with van der Waals surface area (Å²) in [5.74, 6) is -0.782. The zero-order chi connectivity index (χ0) is 11.5. The quantitative estimate of drug-likeness (QED) is 0.542. The number of nitrogens with one attached hydrogen (secondary N) is 1. The average Bonchev–Trinajstić information content (AvgIpc) is 1.99. The van der Waals surface area contributed by atoms with Crippen molar-refractivity contribution in [3.63, 3.8) is 0 Å². The topological polar surface area (TPSA) is 32.3 Å². The van der Waals surface area contributed by atoms with Crippen LogP contribution in [0.2, 0.25) is 0 Å². The van der Waals surface area contributed by atoms with Crippen LogP contribution in [0.1, 0.15) is 0 Å². The summed E-state index contributed by atoms with van der Waals surface area (Å²) in [4.78, 5) is 11.0. The molecule has 1 atom stereocenters. The van der Waals surface area contributed by atoms with E-state index in [2.05, 4.69) is 11.9 Å². The number of rotatable bonds is 3. The molecule has 0 aromatic rings. The van der Waals surface area contributed by atoms with Gasteiger partial charge in [0.2, 0.25) is 0 Å². The van der Waals surface area contributed by atoms with Gasteiger partial charge in [0.25, 0.3) is 0 Å². The molecule has 0 heterocycles. The van der Waals surface area contributed by atoms with Gasteiger partial charge in [0.05, 0.1) is 0 Å². The van der Waals surface area contributed by atoms with Crippen LogP contribution in [0.3, 0.4) is 0 Å². The predicted molar refractivity (Wildman–Crippen MR) is 46.6 cm³/mol. The monoisotopic (exact) mass is 403 g/mol. The number of carbonyl (C=O) groups is 1. The molecule has 3 nitrogen and oxygen atoms in total. The Morgan fingerprint density at radius 3 is 2.21 bits per heavy atom. The fraction of sp³-hybridized carbons (Fsp3) is 0.571. The van der Waals surface area contributed by atoms with E-state index in [1.165, 1.54) is 14.1 Å². The molecule has 1 N–H and O–H groups in total. The molecule has 0 fully saturated rings. The summed E-state index contributed by atoms with van der Waals surface area (Å²) in [5, 5.41) is 2.12. The number of hydrogen-bond acceptors (Lipinski definition) is 2. The molecule has 79 valence electrons. The number of hydrogen-bond donors (Lipinski definition) is 1. The van der Waals surface area contributed by atoms with Crippen LogP contribution in [0, 0.1) is 0 Å². The standard InChI is InChI=1S/C7H10F3N2O.Pb/c1-4(6(13)12-3)5(11-2)7(8,9)10;/h5H,1H2,2-3H3,(H,12,13);/q-1;+1. The number of amides is 1. The fourth-order valence-corrected chi connectivity index (χ4v) is 2.11. The van der Waals surface area contributed by atoms with Gasteiger partial charge in [-0.05, 0) is 0 Å². The molecule has 0 aliphatic rings. The van der Waals surface area contributed by atoms with E-state index in [0.717, 1.165) is 2.71 Å². The van der Waals surface area contributed by atoms with Gasteiger partial charge in [0.15, 0.2) is 0 Å². The van der Waals surface area contributed by atoms with Gasteiger partial charge in [-0.1, -0.05) is 0 Å². The van der Waals surface area contributed by atoms with E-state index in [4.69, 9.17) is 0 Å². The number of likely N-dealkylation sites (N-methyl/N-ethyl adjacent to an activating group) is 2. The SMILES string of the molecule is C=C(C(=O)NC)C([N](C)[Pb])C(F)(F)F. The second-order valence-corrected chi connectivity index (χ2v) is 5.40. The summed E-state index contributed by atoms with van der Waals surface area (Å²) in [6, 6.07) is -1.88. The Labute approximate surface area is 96.4 Å². The molecule has 0 saturated carbocycles. The van der Waals surface area contributed by atoms with Crippen molar-refractivity contribution in [3.8, 4) is 0 Å². The van der Waals surface area contributed by atoms with Gasteiger partial charge in [-0.3, -0.25) is 0 Å². The molecule has 0 saturated heterocycles. The molecule has 0 aliphatic carbocycles. The van der Waals surface area contributed by atoms with Gasteiger partial charge in [-0.25, -0.2) is 0 Å². The first-order chi connectivity index (χ1) is 6.21. The Hall–Kier alpha value is -0.118. The fourth-order valence-electron chi connectivity index (χ4n) is 0.936. The molecule has 0 aromatic carbocycles. The average molecular weight is 402 g/mol. The molecule has 14 heavy (non-hydrogen) atoms. The van der Waals surface area contributed by atoms with Crippen LogP contribution >= 0.6 is 0 Å². The van der Waals surface area contributed by atoms with E-state index < -0.39 is 23.7 Å². The van der Waals surface area contributed by atoms with Gasteiger partial charge in [-0.2, -0.15) is 0 Å². The molecule has 1 unspecified atom stereocenters. The van der Waals surface area contributed by atoms with Crippen molar-refractivity contribution in [1.29, 1.82) is 0 Å². The van der Waals surface area contributed by atoms with Gasteiger partial charge in [-0.15, -0.1) is 0 Å². The summed E-state index contributed by atoms with van der Waals surface area (Å²) in [7, 11) is 2.58. The van der Waals surface area contributed by atoms with Crippen LogP contribution in [0.25, 0.3) is 0 Å². The molecule has 0 aromatic heterocycles. The van der Waals surface area contributed by atoms with Crippen LogP contribution < -0.4 is 5.32 Å². The second kappa shape index (κ2) is 5.10. The number of alkyl halides is 3. The maximum atomic E-state index is 12.5. The molecule has 0 bridgehead atoms. The van der Waals surface area contributed by atoms with Crippen LogP contribution in [0.5, 0.6) is 0 Å². The third-order valence-electron chi connectivity index (χ3n) is 1.55. The van der Waals surface area contributed by atoms with Crippen molar-refractivity contribution in [3.05, 3.63) is 12.2 Å². The first-order valence-corrected chi connectivity index (χ1v) is 5.37. The van der Waals surface area contributed by atoms with Crippen LogP contribution in [0.15, 0.2) is 12.2 Å². The van der Waals surface area contributed by atoms with Crippen LogP contribution in [-0.4, -0.2) is 61.0 Å². The Kier molecular flexibility index (Phi) is 5.06. The van der Waals surface area contributed by atoms with E-state index >= 15 is 0 Å².